The smallest absolute Gasteiger partial charge is 0.328 e. The molecule has 0 atom stereocenters. The minimum Gasteiger partial charge on any atom is -0.383 e. The van der Waals surface area contributed by atoms with E-state index in [1.54, 1.807) is 6.92 Å². The first-order chi connectivity index (χ1) is 12.5. The summed E-state index contributed by atoms with van der Waals surface area (Å²) < 4.78 is 2.81. The van der Waals surface area contributed by atoms with Crippen LogP contribution >= 0.6 is 0 Å². The van der Waals surface area contributed by atoms with Gasteiger partial charge in [0, 0.05) is 12.7 Å². The van der Waals surface area contributed by atoms with E-state index in [1.807, 2.05) is 30.3 Å². The Hall–Kier alpha value is -3.62. The molecule has 26 heavy (non-hydrogen) atoms. The van der Waals surface area contributed by atoms with Crippen molar-refractivity contribution in [3.05, 3.63) is 74.7 Å². The number of aryl methyl sites for hydroxylation is 1. The summed E-state index contributed by atoms with van der Waals surface area (Å²) in [5, 5.41) is 6.76. The molecule has 0 fully saturated rings. The van der Waals surface area contributed by atoms with E-state index in [-0.39, 0.29) is 23.5 Å². The number of para-hydroxylation sites is 1. The number of aromatic nitrogens is 4. The Morgan fingerprint density at radius 3 is 2.69 bits per heavy atom. The molecule has 0 saturated carbocycles. The molecule has 134 valence electrons. The molecule has 0 aliphatic heterocycles. The molecule has 3 rings (SSSR count). The quantitative estimate of drug-likeness (QED) is 0.605. The van der Waals surface area contributed by atoms with Crippen LogP contribution in [0, 0.1) is 0 Å². The van der Waals surface area contributed by atoms with E-state index in [4.69, 9.17) is 5.73 Å². The zero-order valence-corrected chi connectivity index (χ0v) is 14.1. The third kappa shape index (κ3) is 3.27. The molecule has 0 bridgehead atoms. The number of nitrogens with zero attached hydrogens (tertiary/aromatic N) is 3. The van der Waals surface area contributed by atoms with Crippen LogP contribution in [0.4, 0.5) is 5.82 Å². The van der Waals surface area contributed by atoms with Gasteiger partial charge in [0.05, 0.1) is 24.0 Å². The Balaban J connectivity index is 1.79. The lowest BCUT2D eigenvalue weighted by Gasteiger charge is -2.07. The van der Waals surface area contributed by atoms with E-state index in [9.17, 15) is 14.4 Å². The van der Waals surface area contributed by atoms with Crippen molar-refractivity contribution >= 4 is 11.7 Å². The summed E-state index contributed by atoms with van der Waals surface area (Å²) in [4.78, 5) is 38.0. The van der Waals surface area contributed by atoms with Crippen molar-refractivity contribution < 1.29 is 4.79 Å². The molecule has 3 aromatic rings. The summed E-state index contributed by atoms with van der Waals surface area (Å²) in [6.07, 6.45) is 2.80. The van der Waals surface area contributed by atoms with Crippen molar-refractivity contribution in [1.82, 2.24) is 24.6 Å². The summed E-state index contributed by atoms with van der Waals surface area (Å²) in [5.74, 6) is -0.264. The summed E-state index contributed by atoms with van der Waals surface area (Å²) in [5.41, 5.74) is 6.21. The molecule has 9 nitrogen and oxygen atoms in total. The maximum absolute atomic E-state index is 12.4. The van der Waals surface area contributed by atoms with Crippen LogP contribution in [0.3, 0.4) is 0 Å². The van der Waals surface area contributed by atoms with Crippen molar-refractivity contribution in [2.45, 2.75) is 20.0 Å². The third-order valence-electron chi connectivity index (χ3n) is 3.92. The van der Waals surface area contributed by atoms with Gasteiger partial charge in [-0.1, -0.05) is 18.2 Å². The van der Waals surface area contributed by atoms with Gasteiger partial charge in [-0.25, -0.2) is 9.48 Å². The number of carbonyl (C=O) groups is 1. The van der Waals surface area contributed by atoms with Gasteiger partial charge in [-0.2, -0.15) is 5.10 Å². The summed E-state index contributed by atoms with van der Waals surface area (Å²) in [6.45, 7) is 2.15. The van der Waals surface area contributed by atoms with Crippen molar-refractivity contribution in [1.29, 1.82) is 0 Å². The van der Waals surface area contributed by atoms with Gasteiger partial charge in [0.2, 0.25) is 0 Å². The monoisotopic (exact) mass is 354 g/mol. The highest BCUT2D eigenvalue weighted by Crippen LogP contribution is 2.16. The van der Waals surface area contributed by atoms with Gasteiger partial charge in [-0.15, -0.1) is 0 Å². The second kappa shape index (κ2) is 7.09. The molecule has 1 amide bonds. The van der Waals surface area contributed by atoms with Crippen LogP contribution < -0.4 is 22.3 Å². The molecule has 0 radical (unpaired) electrons. The summed E-state index contributed by atoms with van der Waals surface area (Å²) >= 11 is 0. The maximum atomic E-state index is 12.4. The Morgan fingerprint density at radius 2 is 2.00 bits per heavy atom. The molecular formula is C17H18N6O3. The Labute approximate surface area is 148 Å². The highest BCUT2D eigenvalue weighted by molar-refractivity contribution is 5.98. The number of hydrogen-bond acceptors (Lipinski definition) is 5. The van der Waals surface area contributed by atoms with Crippen LogP contribution in [0.25, 0.3) is 5.69 Å². The third-order valence-corrected chi connectivity index (χ3v) is 3.92. The first-order valence-electron chi connectivity index (χ1n) is 8.01. The molecule has 9 heteroatoms. The van der Waals surface area contributed by atoms with E-state index >= 15 is 0 Å². The molecule has 0 spiro atoms. The lowest BCUT2D eigenvalue weighted by molar-refractivity contribution is 0.0951. The molecule has 0 aliphatic rings. The van der Waals surface area contributed by atoms with Gasteiger partial charge in [-0.3, -0.25) is 14.6 Å². The Bertz CT molecular complexity index is 1050. The number of nitrogen functional groups attached to an aromatic ring is 1. The van der Waals surface area contributed by atoms with Crippen molar-refractivity contribution in [3.8, 4) is 5.69 Å². The number of rotatable bonds is 5. The van der Waals surface area contributed by atoms with Gasteiger partial charge in [0.15, 0.2) is 0 Å². The predicted molar refractivity (Wildman–Crippen MR) is 96.1 cm³/mol. The second-order valence-electron chi connectivity index (χ2n) is 5.57. The zero-order chi connectivity index (χ0) is 18.7. The van der Waals surface area contributed by atoms with Crippen LogP contribution in [-0.4, -0.2) is 25.2 Å². The summed E-state index contributed by atoms with van der Waals surface area (Å²) in [6, 6.07) is 9.18. The Kier molecular flexibility index (Phi) is 4.70. The molecule has 2 heterocycles. The number of aromatic amines is 1. The minimum atomic E-state index is -0.534. The summed E-state index contributed by atoms with van der Waals surface area (Å²) in [7, 11) is 0. The molecule has 0 aliphatic carbocycles. The number of nitrogens with one attached hydrogen (secondary N) is 2. The van der Waals surface area contributed by atoms with E-state index < -0.39 is 17.2 Å². The lowest BCUT2D eigenvalue weighted by Crippen LogP contribution is -2.34. The molecule has 0 unspecified atom stereocenters. The number of anilines is 1. The van der Waals surface area contributed by atoms with Crippen molar-refractivity contribution in [2.24, 2.45) is 0 Å². The maximum Gasteiger partial charge on any atom is 0.328 e. The number of carbonyl (C=O) groups excluding carboxylic acids is 1. The predicted octanol–water partition coefficient (Wildman–Crippen LogP) is 0.254. The van der Waals surface area contributed by atoms with E-state index in [1.165, 1.54) is 21.6 Å². The highest BCUT2D eigenvalue weighted by Gasteiger charge is 2.16. The van der Waals surface area contributed by atoms with Crippen LogP contribution in [0.15, 0.2) is 52.3 Å². The van der Waals surface area contributed by atoms with Gasteiger partial charge < -0.3 is 15.6 Å². The average Bonchev–Trinajstić information content (AvgIpc) is 3.03. The van der Waals surface area contributed by atoms with Crippen LogP contribution in [0.5, 0.6) is 0 Å². The number of H-pyrrole nitrogens is 1. The average molecular weight is 354 g/mol. The fraction of sp³-hybridized carbons (Fsp3) is 0.176. The molecule has 4 N–H and O–H groups in total. The first-order valence-corrected chi connectivity index (χ1v) is 8.01. The molecule has 0 saturated heterocycles. The Morgan fingerprint density at radius 1 is 1.27 bits per heavy atom. The van der Waals surface area contributed by atoms with Crippen molar-refractivity contribution in [2.75, 3.05) is 5.73 Å². The van der Waals surface area contributed by atoms with Crippen molar-refractivity contribution in [3.63, 3.8) is 0 Å². The largest absolute Gasteiger partial charge is 0.383 e. The molecular weight excluding hydrogens is 336 g/mol. The standard InChI is InChI=1S/C17H18N6O3/c1-2-22-10-11(15(24)21-17(22)26)8-19-16(25)13-9-20-23(14(13)18)12-6-4-3-5-7-12/h3-7,9-10H,2,8,18H2,1H3,(H,19,25)(H,21,24,26). The number of nitrogens with two attached hydrogens (primary N) is 1. The van der Waals surface area contributed by atoms with Crippen LogP contribution in [0.2, 0.25) is 0 Å². The van der Waals surface area contributed by atoms with Gasteiger partial charge in [0.1, 0.15) is 11.4 Å². The fourth-order valence-corrected chi connectivity index (χ4v) is 2.49. The topological polar surface area (TPSA) is 128 Å². The van der Waals surface area contributed by atoms with E-state index in [0.717, 1.165) is 5.69 Å². The second-order valence-corrected chi connectivity index (χ2v) is 5.57. The zero-order valence-electron chi connectivity index (χ0n) is 14.1. The number of amides is 1. The normalized spacial score (nSPS) is 10.7. The lowest BCUT2D eigenvalue weighted by atomic mass is 10.2. The highest BCUT2D eigenvalue weighted by atomic mass is 16.2. The number of hydrogen-bond donors (Lipinski definition) is 3. The van der Waals surface area contributed by atoms with E-state index in [0.29, 0.717) is 6.54 Å². The van der Waals surface area contributed by atoms with Gasteiger partial charge in [-0.05, 0) is 19.1 Å². The van der Waals surface area contributed by atoms with Crippen LogP contribution in [0.1, 0.15) is 22.8 Å². The SMILES string of the molecule is CCn1cc(CNC(=O)c2cnn(-c3ccccc3)c2N)c(=O)[nH]c1=O. The van der Waals surface area contributed by atoms with Gasteiger partial charge in [0.25, 0.3) is 11.5 Å². The minimum absolute atomic E-state index is 0.0373. The van der Waals surface area contributed by atoms with E-state index in [2.05, 4.69) is 15.4 Å². The molecule has 1 aromatic carbocycles. The fourth-order valence-electron chi connectivity index (χ4n) is 2.49. The van der Waals surface area contributed by atoms with Gasteiger partial charge >= 0.3 is 5.69 Å². The number of benzene rings is 1. The van der Waals surface area contributed by atoms with Crippen LogP contribution in [-0.2, 0) is 13.1 Å². The molecule has 2 aromatic heterocycles. The first kappa shape index (κ1) is 17.2.